The fraction of sp³-hybridized carbons (Fsp3) is 1.00. The maximum absolute atomic E-state index is 2.47. The van der Waals surface area contributed by atoms with Crippen LogP contribution in [0.1, 0.15) is 26.7 Å². The molecule has 0 fully saturated rings. The summed E-state index contributed by atoms with van der Waals surface area (Å²) >= 11 is 2.47. The molecule has 1 atom stereocenters. The minimum atomic E-state index is 0.320. The molecule has 0 amide bonds. The zero-order chi connectivity index (χ0) is 7.11. The van der Waals surface area contributed by atoms with Gasteiger partial charge in [0.2, 0.25) is 0 Å². The van der Waals surface area contributed by atoms with E-state index in [0.29, 0.717) is 9.52 Å². The van der Waals surface area contributed by atoms with Crippen LogP contribution in [0.15, 0.2) is 0 Å². The van der Waals surface area contributed by atoms with Crippen LogP contribution in [0.4, 0.5) is 0 Å². The van der Waals surface area contributed by atoms with Crippen molar-refractivity contribution in [3.8, 4) is 0 Å². The summed E-state index contributed by atoms with van der Waals surface area (Å²) in [5.74, 6) is 0. The van der Waals surface area contributed by atoms with Crippen molar-refractivity contribution < 1.29 is 0 Å². The van der Waals surface area contributed by atoms with Gasteiger partial charge in [-0.25, -0.2) is 0 Å². The molecule has 1 unspecified atom stereocenters. The molecule has 0 aromatic heterocycles. The normalized spacial score (nSPS) is 15.0. The molecule has 0 aliphatic carbocycles. The van der Waals surface area contributed by atoms with Gasteiger partial charge in [-0.2, -0.15) is 0 Å². The predicted octanol–water partition coefficient (Wildman–Crippen LogP) is 2.62. The first-order valence-electron chi connectivity index (χ1n) is 3.87. The van der Waals surface area contributed by atoms with Crippen LogP contribution in [-0.2, 0) is 0 Å². The van der Waals surface area contributed by atoms with Gasteiger partial charge < -0.3 is 0 Å². The molecule has 56 valence electrons. The van der Waals surface area contributed by atoms with Gasteiger partial charge in [-0.1, -0.05) is 54.4 Å². The Morgan fingerprint density at radius 2 is 2.22 bits per heavy atom. The number of hydrogen-bond acceptors (Lipinski definition) is 0. The largest absolute Gasteiger partial charge is 0.0864 e. The standard InChI is InChI=1S/C7H17ISi/c1-3-7(2)9-6-4-5-8/h7H,3-6,9H2,1-2H3. The van der Waals surface area contributed by atoms with E-state index in [2.05, 4.69) is 36.4 Å². The molecular weight excluding hydrogens is 239 g/mol. The Hall–Kier alpha value is 0.947. The van der Waals surface area contributed by atoms with E-state index in [1.807, 2.05) is 0 Å². The first-order valence-corrected chi connectivity index (χ1v) is 7.21. The van der Waals surface area contributed by atoms with Gasteiger partial charge in [-0.05, 0) is 10.8 Å². The predicted molar refractivity (Wildman–Crippen MR) is 56.6 cm³/mol. The van der Waals surface area contributed by atoms with Crippen molar-refractivity contribution in [1.29, 1.82) is 0 Å². The van der Waals surface area contributed by atoms with Crippen molar-refractivity contribution in [2.24, 2.45) is 0 Å². The van der Waals surface area contributed by atoms with Gasteiger partial charge >= 0.3 is 0 Å². The van der Waals surface area contributed by atoms with Crippen LogP contribution < -0.4 is 0 Å². The number of rotatable bonds is 5. The van der Waals surface area contributed by atoms with Crippen LogP contribution in [0, 0.1) is 0 Å². The fourth-order valence-corrected chi connectivity index (χ4v) is 3.99. The highest BCUT2D eigenvalue weighted by molar-refractivity contribution is 14.1. The highest BCUT2D eigenvalue weighted by atomic mass is 127. The van der Waals surface area contributed by atoms with Crippen LogP contribution in [0.3, 0.4) is 0 Å². The molecule has 0 heterocycles. The Morgan fingerprint density at radius 3 is 2.67 bits per heavy atom. The highest BCUT2D eigenvalue weighted by Crippen LogP contribution is 2.09. The first-order chi connectivity index (χ1) is 4.31. The zero-order valence-electron chi connectivity index (χ0n) is 6.49. The average molecular weight is 256 g/mol. The minimum absolute atomic E-state index is 0.320. The topological polar surface area (TPSA) is 0 Å². The average Bonchev–Trinajstić information content (AvgIpc) is 1.89. The van der Waals surface area contributed by atoms with Crippen LogP contribution in [0.2, 0.25) is 11.6 Å². The number of halogens is 1. The third-order valence-electron chi connectivity index (χ3n) is 1.78. The van der Waals surface area contributed by atoms with Crippen LogP contribution >= 0.6 is 22.6 Å². The summed E-state index contributed by atoms with van der Waals surface area (Å²) in [4.78, 5) is 0. The zero-order valence-corrected chi connectivity index (χ0v) is 10.1. The molecule has 0 nitrogen and oxygen atoms in total. The second-order valence-electron chi connectivity index (χ2n) is 2.70. The Kier molecular flexibility index (Phi) is 7.80. The minimum Gasteiger partial charge on any atom is -0.0864 e. The monoisotopic (exact) mass is 256 g/mol. The molecule has 0 aromatic carbocycles. The maximum Gasteiger partial charge on any atom is 0.0228 e. The van der Waals surface area contributed by atoms with E-state index in [1.165, 1.54) is 17.3 Å². The van der Waals surface area contributed by atoms with Crippen molar-refractivity contribution in [1.82, 2.24) is 0 Å². The Bertz CT molecular complexity index is 56.9. The molecule has 0 N–H and O–H groups in total. The van der Waals surface area contributed by atoms with E-state index in [1.54, 1.807) is 6.04 Å². The third-order valence-corrected chi connectivity index (χ3v) is 5.01. The second-order valence-corrected chi connectivity index (χ2v) is 6.46. The molecule has 0 radical (unpaired) electrons. The lowest BCUT2D eigenvalue weighted by Crippen LogP contribution is -1.97. The van der Waals surface area contributed by atoms with E-state index in [4.69, 9.17) is 0 Å². The van der Waals surface area contributed by atoms with Crippen molar-refractivity contribution in [3.63, 3.8) is 0 Å². The molecule has 0 aliphatic heterocycles. The lowest BCUT2D eigenvalue weighted by atomic mass is 10.4. The molecule has 0 aromatic rings. The molecule has 0 bridgehead atoms. The van der Waals surface area contributed by atoms with Gasteiger partial charge in [-0.3, -0.25) is 0 Å². The molecule has 0 rings (SSSR count). The molecule has 0 saturated heterocycles. The van der Waals surface area contributed by atoms with Crippen molar-refractivity contribution >= 4 is 32.1 Å². The Balaban J connectivity index is 2.88. The van der Waals surface area contributed by atoms with Crippen LogP contribution in [0.25, 0.3) is 0 Å². The van der Waals surface area contributed by atoms with E-state index < -0.39 is 0 Å². The van der Waals surface area contributed by atoms with E-state index in [-0.39, 0.29) is 0 Å². The summed E-state index contributed by atoms with van der Waals surface area (Å²) in [6.07, 6.45) is 2.88. The molecule has 0 spiro atoms. The number of hydrogen-bond donors (Lipinski definition) is 0. The summed E-state index contributed by atoms with van der Waals surface area (Å²) < 4.78 is 1.36. The van der Waals surface area contributed by atoms with Gasteiger partial charge in [0.15, 0.2) is 0 Å². The molecule has 0 aliphatic rings. The maximum atomic E-state index is 2.47. The van der Waals surface area contributed by atoms with Crippen LogP contribution in [0.5, 0.6) is 0 Å². The highest BCUT2D eigenvalue weighted by Gasteiger charge is 1.97. The van der Waals surface area contributed by atoms with Gasteiger partial charge in [0.25, 0.3) is 0 Å². The van der Waals surface area contributed by atoms with Gasteiger partial charge in [-0.15, -0.1) is 0 Å². The summed E-state index contributed by atoms with van der Waals surface area (Å²) in [7, 11) is 0.320. The molecule has 0 saturated carbocycles. The Labute approximate surface area is 74.8 Å². The van der Waals surface area contributed by atoms with Gasteiger partial charge in [0.05, 0.1) is 0 Å². The molecule has 9 heavy (non-hydrogen) atoms. The quantitative estimate of drug-likeness (QED) is 0.307. The first kappa shape index (κ1) is 9.95. The smallest absolute Gasteiger partial charge is 0.0228 e. The van der Waals surface area contributed by atoms with Crippen molar-refractivity contribution in [2.45, 2.75) is 38.3 Å². The van der Waals surface area contributed by atoms with Crippen LogP contribution in [-0.4, -0.2) is 13.9 Å². The molecule has 2 heteroatoms. The lowest BCUT2D eigenvalue weighted by Gasteiger charge is -2.04. The third kappa shape index (κ3) is 6.84. The van der Waals surface area contributed by atoms with Gasteiger partial charge in [0, 0.05) is 9.52 Å². The Morgan fingerprint density at radius 1 is 1.56 bits per heavy atom. The number of alkyl halides is 1. The van der Waals surface area contributed by atoms with E-state index >= 15 is 0 Å². The van der Waals surface area contributed by atoms with Gasteiger partial charge in [0.1, 0.15) is 0 Å². The molecular formula is C7H17ISi. The summed E-state index contributed by atoms with van der Waals surface area (Å²) in [6.45, 7) is 4.71. The van der Waals surface area contributed by atoms with E-state index in [0.717, 1.165) is 5.54 Å². The SMILES string of the molecule is CCC(C)[SiH2]CCCI. The van der Waals surface area contributed by atoms with Crippen molar-refractivity contribution in [2.75, 3.05) is 4.43 Å². The summed E-state index contributed by atoms with van der Waals surface area (Å²) in [5.41, 5.74) is 1.09. The summed E-state index contributed by atoms with van der Waals surface area (Å²) in [5, 5.41) is 0. The lowest BCUT2D eigenvalue weighted by molar-refractivity contribution is 0.859. The second kappa shape index (κ2) is 7.06. The fourth-order valence-electron chi connectivity index (χ4n) is 0.791. The van der Waals surface area contributed by atoms with E-state index in [9.17, 15) is 0 Å². The van der Waals surface area contributed by atoms with Crippen molar-refractivity contribution in [3.05, 3.63) is 0 Å². The summed E-state index contributed by atoms with van der Waals surface area (Å²) in [6, 6.07) is 1.57.